The van der Waals surface area contributed by atoms with Gasteiger partial charge in [-0.3, -0.25) is 0 Å². The molecule has 71 heavy (non-hydrogen) atoms. The molecule has 13 aromatic rings. The van der Waals surface area contributed by atoms with Crippen LogP contribution < -0.4 is 4.90 Å². The summed E-state index contributed by atoms with van der Waals surface area (Å²) in [6, 6.07) is 103. The van der Waals surface area contributed by atoms with Gasteiger partial charge in [-0.25, -0.2) is 0 Å². The van der Waals surface area contributed by atoms with Crippen molar-refractivity contribution < 1.29 is 0 Å². The van der Waals surface area contributed by atoms with Gasteiger partial charge < -0.3 is 9.47 Å². The zero-order valence-electron chi connectivity index (χ0n) is 39.0. The van der Waals surface area contributed by atoms with Crippen LogP contribution in [-0.4, -0.2) is 4.57 Å². The standard InChI is InChI=1S/C69H46N2/c1-4-16-47(17-5-1)48-30-36-56(37-31-48)70(58-40-41-60-52(44-58)29-28-50-18-10-11-23-59(50)60)57-38-32-49(33-39-57)51-34-42-67-63(45-51)64-46-54(35-43-68(64)71(67)55-21-8-3-9-22-55)69(53-19-6-2-7-20-53)65-26-14-12-24-61(65)62-25-13-15-27-66(62)69/h1-46H. The Balaban J connectivity index is 0.920. The number of nitrogens with zero attached hydrogens (tertiary/aromatic N) is 2. The lowest BCUT2D eigenvalue weighted by atomic mass is 9.67. The molecule has 0 amide bonds. The minimum Gasteiger partial charge on any atom is -0.310 e. The molecular weight excluding hydrogens is 857 g/mol. The lowest BCUT2D eigenvalue weighted by Crippen LogP contribution is -2.28. The monoisotopic (exact) mass is 902 g/mol. The molecule has 12 aromatic carbocycles. The summed E-state index contributed by atoms with van der Waals surface area (Å²) in [5.74, 6) is 0. The molecule has 0 aliphatic heterocycles. The van der Waals surface area contributed by atoms with Crippen molar-refractivity contribution in [3.63, 3.8) is 0 Å². The molecule has 0 N–H and O–H groups in total. The van der Waals surface area contributed by atoms with Crippen LogP contribution in [0.25, 0.3) is 82.4 Å². The van der Waals surface area contributed by atoms with Gasteiger partial charge in [0.05, 0.1) is 16.4 Å². The molecule has 0 bridgehead atoms. The van der Waals surface area contributed by atoms with Gasteiger partial charge in [0.1, 0.15) is 0 Å². The summed E-state index contributed by atoms with van der Waals surface area (Å²) in [6.07, 6.45) is 0. The van der Waals surface area contributed by atoms with Gasteiger partial charge in [-0.1, -0.05) is 206 Å². The molecule has 0 radical (unpaired) electrons. The molecule has 0 unspecified atom stereocenters. The summed E-state index contributed by atoms with van der Waals surface area (Å²) in [5.41, 5.74) is 18.8. The predicted molar refractivity (Wildman–Crippen MR) is 299 cm³/mol. The normalized spacial score (nSPS) is 12.6. The van der Waals surface area contributed by atoms with Gasteiger partial charge in [0.25, 0.3) is 0 Å². The summed E-state index contributed by atoms with van der Waals surface area (Å²) in [6.45, 7) is 0. The van der Waals surface area contributed by atoms with E-state index in [1.54, 1.807) is 0 Å². The van der Waals surface area contributed by atoms with Crippen LogP contribution in [0.5, 0.6) is 0 Å². The Bertz CT molecular complexity index is 4090. The molecule has 2 heteroatoms. The largest absolute Gasteiger partial charge is 0.310 e. The zero-order chi connectivity index (χ0) is 46.9. The Labute approximate surface area is 413 Å². The van der Waals surface area contributed by atoms with Crippen molar-refractivity contribution >= 4 is 60.4 Å². The highest BCUT2D eigenvalue weighted by Crippen LogP contribution is 2.56. The van der Waals surface area contributed by atoms with E-state index in [4.69, 9.17) is 0 Å². The molecular formula is C69H46N2. The first-order valence-corrected chi connectivity index (χ1v) is 24.6. The molecule has 1 aliphatic rings. The second-order valence-corrected chi connectivity index (χ2v) is 18.8. The second kappa shape index (κ2) is 16.5. The van der Waals surface area contributed by atoms with Crippen molar-refractivity contribution in [3.8, 4) is 39.1 Å². The maximum Gasteiger partial charge on any atom is 0.0713 e. The number of anilines is 3. The Kier molecular flexibility index (Phi) is 9.47. The SMILES string of the molecule is c1ccc(-c2ccc(N(c3ccc(-c4ccc5c(c4)c4cc(C6(c7ccccc7)c7ccccc7-c7ccccc76)ccc4n5-c4ccccc4)cc3)c3ccc4c(ccc5ccccc54)c3)cc2)cc1. The molecule has 1 aromatic heterocycles. The Morgan fingerprint density at radius 2 is 0.775 bits per heavy atom. The van der Waals surface area contributed by atoms with Crippen LogP contribution in [0.4, 0.5) is 17.1 Å². The fourth-order valence-electron chi connectivity index (χ4n) is 11.8. The predicted octanol–water partition coefficient (Wildman–Crippen LogP) is 18.3. The molecule has 14 rings (SSSR count). The van der Waals surface area contributed by atoms with Crippen LogP contribution in [0.2, 0.25) is 0 Å². The number of hydrogen-bond acceptors (Lipinski definition) is 1. The third kappa shape index (κ3) is 6.49. The van der Waals surface area contributed by atoms with Crippen molar-refractivity contribution in [1.29, 1.82) is 0 Å². The van der Waals surface area contributed by atoms with E-state index >= 15 is 0 Å². The molecule has 0 saturated heterocycles. The maximum absolute atomic E-state index is 2.49. The van der Waals surface area contributed by atoms with Gasteiger partial charge in [-0.2, -0.15) is 0 Å². The second-order valence-electron chi connectivity index (χ2n) is 18.8. The van der Waals surface area contributed by atoms with Crippen LogP contribution in [0.3, 0.4) is 0 Å². The van der Waals surface area contributed by atoms with E-state index in [0.717, 1.165) is 28.3 Å². The molecule has 0 atom stereocenters. The summed E-state index contributed by atoms with van der Waals surface area (Å²) in [7, 11) is 0. The Morgan fingerprint density at radius 3 is 1.46 bits per heavy atom. The molecule has 2 nitrogen and oxygen atoms in total. The first-order valence-electron chi connectivity index (χ1n) is 24.6. The number of aromatic nitrogens is 1. The quantitative estimate of drug-likeness (QED) is 0.138. The third-order valence-electron chi connectivity index (χ3n) is 15.0. The summed E-state index contributed by atoms with van der Waals surface area (Å²) >= 11 is 0. The van der Waals surface area contributed by atoms with Gasteiger partial charge in [0.15, 0.2) is 0 Å². The van der Waals surface area contributed by atoms with E-state index in [2.05, 4.69) is 289 Å². The summed E-state index contributed by atoms with van der Waals surface area (Å²) in [4.78, 5) is 2.38. The van der Waals surface area contributed by atoms with Gasteiger partial charge in [-0.05, 0) is 150 Å². The van der Waals surface area contributed by atoms with E-state index in [0.29, 0.717) is 0 Å². The number of para-hydroxylation sites is 1. The van der Waals surface area contributed by atoms with E-state index in [9.17, 15) is 0 Å². The Morgan fingerprint density at radius 1 is 0.282 bits per heavy atom. The summed E-state index contributed by atoms with van der Waals surface area (Å²) in [5, 5.41) is 7.44. The number of fused-ring (bicyclic) bond motifs is 9. The molecule has 332 valence electrons. The highest BCUT2D eigenvalue weighted by Gasteiger charge is 2.46. The van der Waals surface area contributed by atoms with Gasteiger partial charge >= 0.3 is 0 Å². The van der Waals surface area contributed by atoms with Crippen molar-refractivity contribution in [2.45, 2.75) is 5.41 Å². The van der Waals surface area contributed by atoms with Gasteiger partial charge in [0.2, 0.25) is 0 Å². The van der Waals surface area contributed by atoms with E-state index in [-0.39, 0.29) is 0 Å². The average Bonchev–Trinajstić information content (AvgIpc) is 3.95. The van der Waals surface area contributed by atoms with Crippen molar-refractivity contribution in [3.05, 3.63) is 301 Å². The van der Waals surface area contributed by atoms with Crippen molar-refractivity contribution in [1.82, 2.24) is 4.57 Å². The lowest BCUT2D eigenvalue weighted by Gasteiger charge is -2.34. The van der Waals surface area contributed by atoms with Gasteiger partial charge in [0, 0.05) is 33.5 Å². The average molecular weight is 903 g/mol. The smallest absolute Gasteiger partial charge is 0.0713 e. The van der Waals surface area contributed by atoms with Gasteiger partial charge in [-0.15, -0.1) is 0 Å². The van der Waals surface area contributed by atoms with Crippen LogP contribution in [-0.2, 0) is 5.41 Å². The minimum atomic E-state index is -0.496. The molecule has 0 saturated carbocycles. The fraction of sp³-hybridized carbons (Fsp3) is 0.0145. The zero-order valence-corrected chi connectivity index (χ0v) is 39.0. The van der Waals surface area contributed by atoms with E-state index < -0.39 is 5.41 Å². The van der Waals surface area contributed by atoms with Crippen LogP contribution >= 0.6 is 0 Å². The van der Waals surface area contributed by atoms with E-state index in [1.165, 1.54) is 93.4 Å². The Hall–Kier alpha value is -9.24. The molecule has 0 fully saturated rings. The first-order chi connectivity index (χ1) is 35.2. The van der Waals surface area contributed by atoms with Crippen LogP contribution in [0.1, 0.15) is 22.3 Å². The lowest BCUT2D eigenvalue weighted by molar-refractivity contribution is 0.770. The fourth-order valence-corrected chi connectivity index (χ4v) is 11.8. The summed E-state index contributed by atoms with van der Waals surface area (Å²) < 4.78 is 2.43. The number of benzene rings is 12. The third-order valence-corrected chi connectivity index (χ3v) is 15.0. The molecule has 1 heterocycles. The highest BCUT2D eigenvalue weighted by molar-refractivity contribution is 6.11. The van der Waals surface area contributed by atoms with Crippen LogP contribution in [0.15, 0.2) is 279 Å². The van der Waals surface area contributed by atoms with Crippen LogP contribution in [0, 0.1) is 0 Å². The minimum absolute atomic E-state index is 0.496. The topological polar surface area (TPSA) is 8.17 Å². The van der Waals surface area contributed by atoms with E-state index in [1.807, 2.05) is 0 Å². The number of rotatable bonds is 8. The maximum atomic E-state index is 2.49. The first kappa shape index (κ1) is 40.8. The molecule has 0 spiro atoms. The van der Waals surface area contributed by atoms with Crippen molar-refractivity contribution in [2.24, 2.45) is 0 Å². The number of hydrogen-bond donors (Lipinski definition) is 0. The van der Waals surface area contributed by atoms with Crippen molar-refractivity contribution in [2.75, 3.05) is 4.90 Å². The molecule has 1 aliphatic carbocycles. The highest BCUT2D eigenvalue weighted by atomic mass is 15.1.